The summed E-state index contributed by atoms with van der Waals surface area (Å²) < 4.78 is 135. The molecule has 0 saturated carbocycles. The van der Waals surface area contributed by atoms with Crippen LogP contribution in [0.1, 0.15) is 29.2 Å². The van der Waals surface area contributed by atoms with E-state index in [2.05, 4.69) is 15.6 Å². The minimum absolute atomic E-state index is 0.00446. The highest BCUT2D eigenvalue weighted by molar-refractivity contribution is 7.14. The van der Waals surface area contributed by atoms with Crippen molar-refractivity contribution in [3.8, 4) is 11.3 Å². The Morgan fingerprint density at radius 2 is 1.43 bits per heavy atom. The number of amides is 1. The van der Waals surface area contributed by atoms with Crippen LogP contribution in [0.5, 0.6) is 0 Å². The number of rotatable bonds is 8. The molecule has 28 heteroatoms. The quantitative estimate of drug-likeness (QED) is 0.0482. The van der Waals surface area contributed by atoms with Crippen LogP contribution in [-0.2, 0) is 38.4 Å². The van der Waals surface area contributed by atoms with Gasteiger partial charge < -0.3 is 37.4 Å². The fourth-order valence-electron chi connectivity index (χ4n) is 3.21. The first-order chi connectivity index (χ1) is 25.4. The van der Waals surface area contributed by atoms with E-state index in [1.165, 1.54) is 23.6 Å². The highest BCUT2D eigenvalue weighted by Gasteiger charge is 2.58. The lowest BCUT2D eigenvalue weighted by Crippen LogP contribution is -2.34. The number of benzene rings is 1. The largest absolute Gasteiger partial charge is 0.490 e. The van der Waals surface area contributed by atoms with E-state index >= 15 is 0 Å². The minimum atomic E-state index is -6.06. The summed E-state index contributed by atoms with van der Waals surface area (Å²) in [6.45, 7) is 2.73. The zero-order valence-corrected chi connectivity index (χ0v) is 28.8. The van der Waals surface area contributed by atoms with Gasteiger partial charge in [-0.3, -0.25) is 29.2 Å². The molecule has 0 radical (unpaired) electrons. The molecule has 3 aromatic rings. The second kappa shape index (κ2) is 22.3. The van der Waals surface area contributed by atoms with Gasteiger partial charge in [-0.05, 0) is 44.2 Å². The van der Waals surface area contributed by atoms with Crippen LogP contribution in [-0.4, -0.2) is 80.1 Å². The Kier molecular flexibility index (Phi) is 20.7. The van der Waals surface area contributed by atoms with Gasteiger partial charge >= 0.3 is 30.7 Å². The first-order valence-corrected chi connectivity index (χ1v) is 14.8. The van der Waals surface area contributed by atoms with Crippen molar-refractivity contribution in [2.45, 2.75) is 57.7 Å². The number of nitrogen functional groups attached to an aromatic ring is 2. The Labute approximate surface area is 309 Å². The smallest absolute Gasteiger partial charge is 0.483 e. The van der Waals surface area contributed by atoms with Gasteiger partial charge in [-0.25, -0.2) is 9.78 Å². The van der Waals surface area contributed by atoms with Gasteiger partial charge in [-0.2, -0.15) is 52.7 Å². The number of nitrogens with zero attached hydrogens (tertiary/aromatic N) is 2. The Morgan fingerprint density at radius 1 is 0.946 bits per heavy atom. The van der Waals surface area contributed by atoms with E-state index in [9.17, 15) is 62.3 Å². The van der Waals surface area contributed by atoms with Crippen molar-refractivity contribution in [1.29, 1.82) is 5.41 Å². The topological polar surface area (TPSA) is 264 Å². The Balaban J connectivity index is 0. The standard InChI is InChI=1S/C22H24F3N7O2S.C2F6.C2HF3O2.2CH2O2/c1-11(2)31-20-21(34)32(10-18(33)29-8-15-3-4-17(35-15)19(27)28)16(9-30-20)12-5-13(22(23,24)25)7-14(26)6-12;3-1(4,5)2(6,7)8;3-2(4,5)1(6)7;2*2-1-3/h3-7,9,11H,8,10,26H2,1-2H3,(H3,27,28)(H,29,33)(H,30,31);;(H,6,7);2*1H,(H,2,3). The van der Waals surface area contributed by atoms with E-state index in [-0.39, 0.29) is 54.1 Å². The molecule has 0 aliphatic carbocycles. The third-order valence-electron chi connectivity index (χ3n) is 5.31. The third kappa shape index (κ3) is 19.3. The van der Waals surface area contributed by atoms with E-state index < -0.39 is 54.2 Å². The van der Waals surface area contributed by atoms with Crippen LogP contribution in [0.25, 0.3) is 11.3 Å². The molecular weight excluding hydrogens is 822 g/mol. The number of nitrogens with one attached hydrogen (secondary N) is 3. The van der Waals surface area contributed by atoms with Crippen molar-refractivity contribution in [1.82, 2.24) is 14.9 Å². The number of aliphatic carboxylic acids is 1. The number of carbonyl (C=O) groups is 4. The van der Waals surface area contributed by atoms with E-state index in [4.69, 9.17) is 46.6 Å². The molecule has 3 rings (SSSR count). The molecule has 0 saturated heterocycles. The Morgan fingerprint density at radius 3 is 1.80 bits per heavy atom. The van der Waals surface area contributed by atoms with Gasteiger partial charge in [-0.15, -0.1) is 11.3 Å². The summed E-state index contributed by atoms with van der Waals surface area (Å²) in [6, 6.07) is 6.14. The van der Waals surface area contributed by atoms with Gasteiger partial charge in [0, 0.05) is 22.2 Å². The van der Waals surface area contributed by atoms with Gasteiger partial charge in [0.05, 0.1) is 28.9 Å². The normalized spacial score (nSPS) is 11.1. The van der Waals surface area contributed by atoms with Crippen LogP contribution in [0, 0.1) is 5.41 Å². The number of carbonyl (C=O) groups excluding carboxylic acids is 1. The van der Waals surface area contributed by atoms with Crippen LogP contribution in [0.15, 0.2) is 41.3 Å². The molecule has 0 aliphatic rings. The molecular formula is C28H29F12N7O8S. The van der Waals surface area contributed by atoms with Crippen molar-refractivity contribution in [3.63, 3.8) is 0 Å². The second-order valence-electron chi connectivity index (χ2n) is 9.99. The molecule has 2 aromatic heterocycles. The second-order valence-corrected chi connectivity index (χ2v) is 11.2. The van der Waals surface area contributed by atoms with Gasteiger partial charge in [-0.1, -0.05) is 0 Å². The predicted molar refractivity (Wildman–Crippen MR) is 172 cm³/mol. The van der Waals surface area contributed by atoms with E-state index in [0.717, 1.165) is 21.6 Å². The number of hydrogen-bond acceptors (Lipinski definition) is 10. The summed E-state index contributed by atoms with van der Waals surface area (Å²) in [7, 11) is 0. The fraction of sp³-hybridized carbons (Fsp3) is 0.321. The lowest BCUT2D eigenvalue weighted by Gasteiger charge is -2.17. The number of carboxylic acid groups (broad SMARTS) is 3. The SMILES string of the molecule is CC(C)Nc1ncc(-c2cc(N)cc(C(F)(F)F)c2)n(CC(=O)NCc2ccc(C(=N)N)s2)c1=O.FC(F)(F)C(F)(F)F.O=C(O)C(F)(F)F.O=CO.O=CO. The third-order valence-corrected chi connectivity index (χ3v) is 6.43. The molecule has 0 unspecified atom stereocenters. The summed E-state index contributed by atoms with van der Waals surface area (Å²) in [5.41, 5.74) is 9.33. The van der Waals surface area contributed by atoms with Crippen LogP contribution in [0.3, 0.4) is 0 Å². The summed E-state index contributed by atoms with van der Waals surface area (Å²) in [4.78, 5) is 56.8. The van der Waals surface area contributed by atoms with Gasteiger partial charge in [0.25, 0.3) is 18.5 Å². The molecule has 10 N–H and O–H groups in total. The first-order valence-electron chi connectivity index (χ1n) is 14.0. The summed E-state index contributed by atoms with van der Waals surface area (Å²) in [6.07, 6.45) is -20.6. The zero-order valence-electron chi connectivity index (χ0n) is 28.0. The summed E-state index contributed by atoms with van der Waals surface area (Å²) in [5.74, 6) is -3.44. The monoisotopic (exact) mass is 851 g/mol. The van der Waals surface area contributed by atoms with Crippen molar-refractivity contribution in [3.05, 3.63) is 62.2 Å². The number of hydrogen-bond donors (Lipinski definition) is 8. The number of anilines is 2. The molecule has 2 heterocycles. The highest BCUT2D eigenvalue weighted by atomic mass is 32.1. The molecule has 15 nitrogen and oxygen atoms in total. The molecule has 0 spiro atoms. The summed E-state index contributed by atoms with van der Waals surface area (Å²) >= 11 is 1.23. The molecule has 0 aliphatic heterocycles. The molecule has 0 bridgehead atoms. The van der Waals surface area contributed by atoms with Crippen LogP contribution < -0.4 is 27.7 Å². The van der Waals surface area contributed by atoms with Gasteiger partial charge in [0.15, 0.2) is 5.82 Å². The predicted octanol–water partition coefficient (Wildman–Crippen LogP) is 5.14. The minimum Gasteiger partial charge on any atom is -0.483 e. The Hall–Kier alpha value is -6.09. The fourth-order valence-corrected chi connectivity index (χ4v) is 4.02. The molecule has 0 fully saturated rings. The van der Waals surface area contributed by atoms with Crippen molar-refractivity contribution in [2.75, 3.05) is 11.1 Å². The average Bonchev–Trinajstić information content (AvgIpc) is 3.51. The number of nitrogens with two attached hydrogens (primary N) is 2. The zero-order chi connectivity index (χ0) is 44.4. The number of carboxylic acids is 1. The van der Waals surface area contributed by atoms with Crippen molar-refractivity contribution < 1.29 is 87.2 Å². The van der Waals surface area contributed by atoms with Crippen LogP contribution >= 0.6 is 11.3 Å². The number of halogens is 12. The van der Waals surface area contributed by atoms with Gasteiger partial charge in [0.1, 0.15) is 12.4 Å². The van der Waals surface area contributed by atoms with Crippen molar-refractivity contribution in [2.24, 2.45) is 5.73 Å². The summed E-state index contributed by atoms with van der Waals surface area (Å²) in [5, 5.41) is 33.9. The number of aromatic nitrogens is 2. The molecule has 56 heavy (non-hydrogen) atoms. The van der Waals surface area contributed by atoms with Crippen LogP contribution in [0.4, 0.5) is 64.2 Å². The maximum atomic E-state index is 13.3. The first kappa shape index (κ1) is 52.0. The number of thiophene rings is 1. The van der Waals surface area contributed by atoms with Crippen molar-refractivity contribution >= 4 is 53.5 Å². The lowest BCUT2D eigenvalue weighted by molar-refractivity contribution is -0.339. The highest BCUT2D eigenvalue weighted by Crippen LogP contribution is 2.36. The number of amidine groups is 1. The average molecular weight is 852 g/mol. The maximum Gasteiger partial charge on any atom is 0.490 e. The number of alkyl halides is 12. The van der Waals surface area contributed by atoms with E-state index in [1.54, 1.807) is 26.0 Å². The van der Waals surface area contributed by atoms with Gasteiger partial charge in [0.2, 0.25) is 5.91 Å². The molecule has 314 valence electrons. The molecule has 1 aromatic carbocycles. The Bertz CT molecular complexity index is 1810. The maximum absolute atomic E-state index is 13.3. The lowest BCUT2D eigenvalue weighted by atomic mass is 10.1. The molecule has 0 atom stereocenters. The van der Waals surface area contributed by atoms with E-state index in [0.29, 0.717) is 4.88 Å². The van der Waals surface area contributed by atoms with Crippen LogP contribution in [0.2, 0.25) is 0 Å². The molecule has 1 amide bonds. The van der Waals surface area contributed by atoms with E-state index in [1.807, 2.05) is 0 Å².